The summed E-state index contributed by atoms with van der Waals surface area (Å²) in [5.74, 6) is -0.0470. The second-order valence-corrected chi connectivity index (χ2v) is 9.07. The Balaban J connectivity index is 1.70. The molecule has 1 aliphatic heterocycles. The molecular formula is C28H32N4O2. The van der Waals surface area contributed by atoms with Crippen molar-refractivity contribution in [3.63, 3.8) is 0 Å². The number of carbonyl (C=O) groups is 2. The standard InChI is InChI=1S/C28H32N4O2/c1-18-16-30-25(19(18)2)15-23-26(33)17-31-24-11-6-10-22(27(23)24)20-8-5-9-21(14-20)28(34)29-12-7-13-32(3)4/h5-6,8-11,14-16,30-31H,7,12-13,17H2,1-4H3,(H,29,34)/b23-15+. The molecule has 2 aromatic carbocycles. The molecule has 0 bridgehead atoms. The summed E-state index contributed by atoms with van der Waals surface area (Å²) in [6, 6.07) is 13.6. The third kappa shape index (κ3) is 4.97. The smallest absolute Gasteiger partial charge is 0.251 e. The summed E-state index contributed by atoms with van der Waals surface area (Å²) in [5.41, 5.74) is 8.12. The minimum Gasteiger partial charge on any atom is -0.377 e. The Labute approximate surface area is 201 Å². The van der Waals surface area contributed by atoms with Crippen molar-refractivity contribution in [1.29, 1.82) is 0 Å². The summed E-state index contributed by atoms with van der Waals surface area (Å²) < 4.78 is 0. The number of rotatable bonds is 7. The van der Waals surface area contributed by atoms with Crippen LogP contribution in [0.3, 0.4) is 0 Å². The molecule has 1 amide bonds. The lowest BCUT2D eigenvalue weighted by atomic mass is 9.87. The van der Waals surface area contributed by atoms with Crippen LogP contribution in [0.5, 0.6) is 0 Å². The van der Waals surface area contributed by atoms with Crippen LogP contribution in [0.2, 0.25) is 0 Å². The molecule has 2 heterocycles. The molecule has 176 valence electrons. The third-order valence-electron chi connectivity index (χ3n) is 6.31. The highest BCUT2D eigenvalue weighted by Gasteiger charge is 2.25. The van der Waals surface area contributed by atoms with Gasteiger partial charge in [0.25, 0.3) is 5.91 Å². The molecule has 6 heteroatoms. The highest BCUT2D eigenvalue weighted by atomic mass is 16.1. The molecule has 4 rings (SSSR count). The van der Waals surface area contributed by atoms with Gasteiger partial charge in [-0.25, -0.2) is 0 Å². The first kappa shape index (κ1) is 23.5. The molecule has 3 aromatic rings. The monoisotopic (exact) mass is 456 g/mol. The second kappa shape index (κ2) is 10.1. The van der Waals surface area contributed by atoms with Crippen molar-refractivity contribution in [2.45, 2.75) is 20.3 Å². The molecule has 0 unspecified atom stereocenters. The molecule has 0 radical (unpaired) electrons. The number of ketones is 1. The third-order valence-corrected chi connectivity index (χ3v) is 6.31. The number of Topliss-reactive ketones (excluding diaryl/α,β-unsaturated/α-hetero) is 1. The number of nitrogens with zero attached hydrogens (tertiary/aromatic N) is 1. The van der Waals surface area contributed by atoms with Gasteiger partial charge in [-0.3, -0.25) is 9.59 Å². The molecule has 0 aliphatic carbocycles. The number of amides is 1. The van der Waals surface area contributed by atoms with Gasteiger partial charge in [-0.1, -0.05) is 24.3 Å². The van der Waals surface area contributed by atoms with Crippen LogP contribution in [-0.2, 0) is 4.79 Å². The number of H-pyrrole nitrogens is 1. The zero-order valence-electron chi connectivity index (χ0n) is 20.3. The summed E-state index contributed by atoms with van der Waals surface area (Å²) in [7, 11) is 4.04. The van der Waals surface area contributed by atoms with Gasteiger partial charge in [0.15, 0.2) is 5.78 Å². The second-order valence-electron chi connectivity index (χ2n) is 9.07. The van der Waals surface area contributed by atoms with Gasteiger partial charge in [0.2, 0.25) is 0 Å². The Bertz CT molecular complexity index is 1250. The summed E-state index contributed by atoms with van der Waals surface area (Å²) in [4.78, 5) is 31.2. The van der Waals surface area contributed by atoms with E-state index in [1.54, 1.807) is 0 Å². The lowest BCUT2D eigenvalue weighted by molar-refractivity contribution is -0.112. The molecule has 34 heavy (non-hydrogen) atoms. The van der Waals surface area contributed by atoms with E-state index in [1.165, 1.54) is 0 Å². The van der Waals surface area contributed by atoms with Crippen molar-refractivity contribution >= 4 is 29.0 Å². The van der Waals surface area contributed by atoms with Crippen molar-refractivity contribution < 1.29 is 9.59 Å². The van der Waals surface area contributed by atoms with Gasteiger partial charge in [0.1, 0.15) is 0 Å². The minimum absolute atomic E-state index is 0.0430. The van der Waals surface area contributed by atoms with E-state index in [4.69, 9.17) is 0 Å². The Morgan fingerprint density at radius 1 is 1.15 bits per heavy atom. The normalized spacial score (nSPS) is 14.3. The van der Waals surface area contributed by atoms with Gasteiger partial charge in [0.05, 0.1) is 6.54 Å². The molecule has 3 N–H and O–H groups in total. The molecule has 0 atom stereocenters. The quantitative estimate of drug-likeness (QED) is 0.361. The van der Waals surface area contributed by atoms with Crippen LogP contribution in [0.15, 0.2) is 48.7 Å². The zero-order chi connectivity index (χ0) is 24.2. The van der Waals surface area contributed by atoms with E-state index < -0.39 is 0 Å². The van der Waals surface area contributed by atoms with Crippen molar-refractivity contribution in [3.8, 4) is 11.1 Å². The average Bonchev–Trinajstić information content (AvgIpc) is 3.15. The first-order chi connectivity index (χ1) is 16.3. The maximum absolute atomic E-state index is 13.0. The number of hydrogen-bond donors (Lipinski definition) is 3. The highest BCUT2D eigenvalue weighted by Crippen LogP contribution is 2.39. The van der Waals surface area contributed by atoms with Gasteiger partial charge in [-0.05, 0) is 87.4 Å². The first-order valence-electron chi connectivity index (χ1n) is 11.6. The van der Waals surface area contributed by atoms with Crippen LogP contribution in [0.1, 0.15) is 39.2 Å². The van der Waals surface area contributed by atoms with Crippen LogP contribution >= 0.6 is 0 Å². The van der Waals surface area contributed by atoms with Crippen molar-refractivity contribution in [1.82, 2.24) is 15.2 Å². The van der Waals surface area contributed by atoms with Gasteiger partial charge < -0.3 is 20.5 Å². The molecule has 0 fully saturated rings. The topological polar surface area (TPSA) is 77.2 Å². The van der Waals surface area contributed by atoms with Gasteiger partial charge in [-0.15, -0.1) is 0 Å². The van der Waals surface area contributed by atoms with E-state index in [2.05, 4.69) is 34.4 Å². The molecule has 6 nitrogen and oxygen atoms in total. The van der Waals surface area contributed by atoms with E-state index in [0.717, 1.165) is 52.2 Å². The highest BCUT2D eigenvalue weighted by molar-refractivity contribution is 6.31. The predicted octanol–water partition coefficient (Wildman–Crippen LogP) is 4.52. The molecule has 1 aromatic heterocycles. The van der Waals surface area contributed by atoms with E-state index in [9.17, 15) is 9.59 Å². The number of hydrogen-bond acceptors (Lipinski definition) is 4. The molecule has 0 saturated heterocycles. The van der Waals surface area contributed by atoms with Crippen molar-refractivity contribution in [3.05, 3.63) is 76.6 Å². The fourth-order valence-corrected chi connectivity index (χ4v) is 4.23. The molecule has 1 aliphatic rings. The van der Waals surface area contributed by atoms with E-state index in [-0.39, 0.29) is 18.2 Å². The Kier molecular flexibility index (Phi) is 6.98. The summed E-state index contributed by atoms with van der Waals surface area (Å²) in [6.45, 7) is 5.91. The number of aryl methyl sites for hydroxylation is 1. The molecule has 0 saturated carbocycles. The maximum Gasteiger partial charge on any atom is 0.251 e. The zero-order valence-corrected chi connectivity index (χ0v) is 20.3. The van der Waals surface area contributed by atoms with Crippen LogP contribution < -0.4 is 10.6 Å². The summed E-state index contributed by atoms with van der Waals surface area (Å²) >= 11 is 0. The predicted molar refractivity (Wildman–Crippen MR) is 139 cm³/mol. The Morgan fingerprint density at radius 2 is 1.94 bits per heavy atom. The van der Waals surface area contributed by atoms with Crippen LogP contribution in [-0.4, -0.2) is 55.3 Å². The average molecular weight is 457 g/mol. The minimum atomic E-state index is -0.0899. The van der Waals surface area contributed by atoms with Crippen molar-refractivity contribution in [2.24, 2.45) is 0 Å². The maximum atomic E-state index is 13.0. The largest absolute Gasteiger partial charge is 0.377 e. The van der Waals surface area contributed by atoms with Crippen LogP contribution in [0.4, 0.5) is 5.69 Å². The Hall–Kier alpha value is -3.64. The van der Waals surface area contributed by atoms with Crippen LogP contribution in [0.25, 0.3) is 22.8 Å². The molecule has 0 spiro atoms. The number of fused-ring (bicyclic) bond motifs is 1. The summed E-state index contributed by atoms with van der Waals surface area (Å²) in [5, 5.41) is 6.26. The lowest BCUT2D eigenvalue weighted by Crippen LogP contribution is -2.27. The number of aromatic amines is 1. The number of carbonyl (C=O) groups excluding carboxylic acids is 2. The van der Waals surface area contributed by atoms with Gasteiger partial charge >= 0.3 is 0 Å². The van der Waals surface area contributed by atoms with Crippen molar-refractivity contribution in [2.75, 3.05) is 39.0 Å². The first-order valence-corrected chi connectivity index (χ1v) is 11.6. The molecular weight excluding hydrogens is 424 g/mol. The number of anilines is 1. The van der Waals surface area contributed by atoms with Gasteiger partial charge in [0, 0.05) is 40.8 Å². The number of benzene rings is 2. The fraction of sp³-hybridized carbons (Fsp3) is 0.286. The number of aromatic nitrogens is 1. The van der Waals surface area contributed by atoms with Gasteiger partial charge in [-0.2, -0.15) is 0 Å². The number of nitrogens with one attached hydrogen (secondary N) is 3. The van der Waals surface area contributed by atoms with E-state index in [1.807, 2.05) is 68.8 Å². The summed E-state index contributed by atoms with van der Waals surface area (Å²) in [6.07, 6.45) is 4.81. The van der Waals surface area contributed by atoms with E-state index >= 15 is 0 Å². The fourth-order valence-electron chi connectivity index (χ4n) is 4.23. The van der Waals surface area contributed by atoms with E-state index in [0.29, 0.717) is 17.7 Å². The Morgan fingerprint density at radius 3 is 2.68 bits per heavy atom. The lowest BCUT2D eigenvalue weighted by Gasteiger charge is -2.23. The van der Waals surface area contributed by atoms with Crippen LogP contribution in [0, 0.1) is 13.8 Å². The SMILES string of the molecule is Cc1c[nH]c(/C=C2\C(=O)CNc3cccc(-c4cccc(C(=O)NCCCN(C)C)c4)c32)c1C.